The van der Waals surface area contributed by atoms with Gasteiger partial charge in [0.25, 0.3) is 0 Å². The van der Waals surface area contributed by atoms with Crippen molar-refractivity contribution in [3.8, 4) is 0 Å². The van der Waals surface area contributed by atoms with Crippen LogP contribution in [0.2, 0.25) is 0 Å². The minimum Gasteiger partial charge on any atom is -0.462 e. The van der Waals surface area contributed by atoms with E-state index in [4.69, 9.17) is 14.3 Å². The van der Waals surface area contributed by atoms with Gasteiger partial charge in [0.1, 0.15) is 23.9 Å². The maximum Gasteiger partial charge on any atom is 0.228 e. The number of likely N-dealkylation sites (tertiary alicyclic amines) is 1. The highest BCUT2D eigenvalue weighted by molar-refractivity contribution is 5.95. The van der Waals surface area contributed by atoms with Crippen molar-refractivity contribution in [3.63, 3.8) is 0 Å². The molecular formula is C22H26FN3O4. The summed E-state index contributed by atoms with van der Waals surface area (Å²) >= 11 is 0. The summed E-state index contributed by atoms with van der Waals surface area (Å²) in [4.78, 5) is 16.9. The molecule has 2 atom stereocenters. The molecule has 1 amide bonds. The van der Waals surface area contributed by atoms with Crippen LogP contribution in [0, 0.1) is 23.6 Å². The van der Waals surface area contributed by atoms with E-state index in [9.17, 15) is 9.18 Å². The summed E-state index contributed by atoms with van der Waals surface area (Å²) in [7, 11) is 0. The molecule has 2 N–H and O–H groups in total. The van der Waals surface area contributed by atoms with Gasteiger partial charge in [0.15, 0.2) is 0 Å². The van der Waals surface area contributed by atoms with Crippen LogP contribution >= 0.6 is 0 Å². The molecule has 1 saturated carbocycles. The number of hydrogen-bond acceptors (Lipinski definition) is 6. The second-order valence-corrected chi connectivity index (χ2v) is 8.33. The summed E-state index contributed by atoms with van der Waals surface area (Å²) in [5.41, 5.74) is 1.06. The van der Waals surface area contributed by atoms with E-state index in [2.05, 4.69) is 10.2 Å². The molecule has 7 nitrogen and oxygen atoms in total. The maximum absolute atomic E-state index is 14.6. The number of fused-ring (bicyclic) bond motifs is 1. The summed E-state index contributed by atoms with van der Waals surface area (Å²) in [6.45, 7) is 4.83. The molecule has 160 valence electrons. The molecule has 2 aromatic rings. The van der Waals surface area contributed by atoms with Crippen molar-refractivity contribution in [1.29, 1.82) is 0 Å². The highest BCUT2D eigenvalue weighted by atomic mass is 19.1. The normalized spacial score (nSPS) is 25.9. The van der Waals surface area contributed by atoms with Gasteiger partial charge in [-0.3, -0.25) is 9.69 Å². The van der Waals surface area contributed by atoms with E-state index in [0.29, 0.717) is 61.8 Å². The Morgan fingerprint density at radius 2 is 1.87 bits per heavy atom. The summed E-state index contributed by atoms with van der Waals surface area (Å²) in [5, 5.41) is 12.0. The molecule has 0 bridgehead atoms. The molecule has 2 unspecified atom stereocenters. The molecule has 3 aliphatic rings. The molecule has 1 aromatic carbocycles. The second-order valence-electron chi connectivity index (χ2n) is 8.33. The fraction of sp³-hybridized carbons (Fsp3) is 0.500. The van der Waals surface area contributed by atoms with Gasteiger partial charge in [-0.15, -0.1) is 0 Å². The highest BCUT2D eigenvalue weighted by Gasteiger charge is 2.59. The Bertz CT molecular complexity index is 915. The van der Waals surface area contributed by atoms with Gasteiger partial charge in [-0.25, -0.2) is 4.39 Å². The number of aliphatic hydroxyl groups excluding tert-OH is 1. The Morgan fingerprint density at radius 3 is 2.53 bits per heavy atom. The Hall–Kier alpha value is -2.42. The molecule has 3 fully saturated rings. The number of furan rings is 1. The van der Waals surface area contributed by atoms with Crippen LogP contribution in [-0.2, 0) is 22.7 Å². The van der Waals surface area contributed by atoms with Crippen LogP contribution in [-0.4, -0.2) is 55.3 Å². The lowest BCUT2D eigenvalue weighted by Gasteiger charge is -2.29. The van der Waals surface area contributed by atoms with Crippen LogP contribution in [0.3, 0.4) is 0 Å². The number of rotatable bonds is 6. The number of carbonyl (C=O) groups excluding carboxylic acids is 1. The molecule has 1 aromatic heterocycles. The van der Waals surface area contributed by atoms with Gasteiger partial charge >= 0.3 is 0 Å². The predicted octanol–water partition coefficient (Wildman–Crippen LogP) is 2.06. The van der Waals surface area contributed by atoms with Gasteiger partial charge in [0.05, 0.1) is 25.4 Å². The lowest BCUT2D eigenvalue weighted by atomic mass is 10.2. The van der Waals surface area contributed by atoms with Gasteiger partial charge in [-0.05, 0) is 42.2 Å². The van der Waals surface area contributed by atoms with Crippen molar-refractivity contribution in [2.75, 3.05) is 49.6 Å². The van der Waals surface area contributed by atoms with E-state index in [1.165, 1.54) is 6.07 Å². The first-order valence-corrected chi connectivity index (χ1v) is 10.5. The number of anilines is 2. The van der Waals surface area contributed by atoms with Crippen LogP contribution in [0.25, 0.3) is 0 Å². The average molecular weight is 415 g/mol. The first-order valence-electron chi connectivity index (χ1n) is 10.5. The number of nitrogens with one attached hydrogen (secondary N) is 1. The highest BCUT2D eigenvalue weighted by Crippen LogP contribution is 2.52. The topological polar surface area (TPSA) is 78.2 Å². The molecule has 2 saturated heterocycles. The van der Waals surface area contributed by atoms with E-state index in [1.807, 2.05) is 11.0 Å². The van der Waals surface area contributed by atoms with Gasteiger partial charge in [0, 0.05) is 37.8 Å². The number of benzene rings is 1. The van der Waals surface area contributed by atoms with Crippen molar-refractivity contribution in [1.82, 2.24) is 4.90 Å². The van der Waals surface area contributed by atoms with Crippen LogP contribution in [0.15, 0.2) is 34.7 Å². The number of hydrogen-bond donors (Lipinski definition) is 2. The second kappa shape index (κ2) is 8.02. The molecule has 30 heavy (non-hydrogen) atoms. The standard InChI is InChI=1S/C22H26FN3O4/c23-19-9-14(1-4-20(19)26-5-7-29-8-6-26)24-22(28)21-17-11-25(12-18(17)21)10-15-2-3-16(13-27)30-15/h1-4,9,17-18,21,27H,5-8,10-13H2,(H,24,28). The molecule has 8 heteroatoms. The van der Waals surface area contributed by atoms with Crippen molar-refractivity contribution < 1.29 is 23.4 Å². The van der Waals surface area contributed by atoms with Gasteiger partial charge in [-0.2, -0.15) is 0 Å². The van der Waals surface area contributed by atoms with E-state index in [1.54, 1.807) is 18.2 Å². The van der Waals surface area contributed by atoms with E-state index in [-0.39, 0.29) is 24.2 Å². The van der Waals surface area contributed by atoms with Crippen LogP contribution in [0.1, 0.15) is 11.5 Å². The molecule has 5 rings (SSSR count). The zero-order valence-corrected chi connectivity index (χ0v) is 16.7. The lowest BCUT2D eigenvalue weighted by molar-refractivity contribution is -0.118. The number of nitrogens with zero attached hydrogens (tertiary/aromatic N) is 2. The molecule has 0 spiro atoms. The molecule has 1 aliphatic carbocycles. The van der Waals surface area contributed by atoms with E-state index >= 15 is 0 Å². The van der Waals surface area contributed by atoms with E-state index < -0.39 is 0 Å². The zero-order valence-electron chi connectivity index (χ0n) is 16.7. The Kier molecular flexibility index (Phi) is 5.22. The summed E-state index contributed by atoms with van der Waals surface area (Å²) < 4.78 is 25.4. The zero-order chi connectivity index (χ0) is 20.7. The lowest BCUT2D eigenvalue weighted by Crippen LogP contribution is -2.36. The van der Waals surface area contributed by atoms with Gasteiger partial charge in [0.2, 0.25) is 5.91 Å². The predicted molar refractivity (Wildman–Crippen MR) is 108 cm³/mol. The van der Waals surface area contributed by atoms with Crippen LogP contribution in [0.4, 0.5) is 15.8 Å². The van der Waals surface area contributed by atoms with Crippen molar-refractivity contribution in [2.45, 2.75) is 13.2 Å². The van der Waals surface area contributed by atoms with Gasteiger partial charge in [-0.1, -0.05) is 0 Å². The number of ether oxygens (including phenoxy) is 1. The number of morpholine rings is 1. The van der Waals surface area contributed by atoms with Crippen LogP contribution < -0.4 is 10.2 Å². The Balaban J connectivity index is 1.14. The molecular weight excluding hydrogens is 389 g/mol. The van der Waals surface area contributed by atoms with Crippen molar-refractivity contribution >= 4 is 17.3 Å². The number of carbonyl (C=O) groups is 1. The first kappa shape index (κ1) is 19.5. The fourth-order valence-corrected chi connectivity index (χ4v) is 4.82. The fourth-order valence-electron chi connectivity index (χ4n) is 4.82. The minimum atomic E-state index is -0.322. The number of aliphatic hydroxyl groups is 1. The number of halogens is 1. The van der Waals surface area contributed by atoms with Gasteiger partial charge < -0.3 is 24.5 Å². The summed E-state index contributed by atoms with van der Waals surface area (Å²) in [6, 6.07) is 8.57. The minimum absolute atomic E-state index is 0.00663. The third-order valence-corrected chi connectivity index (χ3v) is 6.39. The van der Waals surface area contributed by atoms with Crippen LogP contribution in [0.5, 0.6) is 0 Å². The summed E-state index contributed by atoms with van der Waals surface area (Å²) in [6.07, 6.45) is 0. The van der Waals surface area contributed by atoms with E-state index in [0.717, 1.165) is 18.8 Å². The van der Waals surface area contributed by atoms with Crippen molar-refractivity contribution in [2.24, 2.45) is 17.8 Å². The average Bonchev–Trinajstić information content (AvgIpc) is 3.05. The molecule has 0 radical (unpaired) electrons. The monoisotopic (exact) mass is 415 g/mol. The number of amides is 1. The molecule has 2 aliphatic heterocycles. The van der Waals surface area contributed by atoms with Crippen molar-refractivity contribution in [3.05, 3.63) is 47.7 Å². The molecule has 3 heterocycles. The SMILES string of the molecule is O=C(Nc1ccc(N2CCOCC2)c(F)c1)C1C2CN(Cc3ccc(CO)o3)CC21. The number of piperidine rings is 1. The largest absolute Gasteiger partial charge is 0.462 e. The third kappa shape index (κ3) is 3.82. The Morgan fingerprint density at radius 1 is 1.13 bits per heavy atom. The third-order valence-electron chi connectivity index (χ3n) is 6.39. The quantitative estimate of drug-likeness (QED) is 0.752. The Labute approximate surface area is 174 Å². The first-order chi connectivity index (χ1) is 14.6. The summed E-state index contributed by atoms with van der Waals surface area (Å²) in [5.74, 6) is 1.73. The maximum atomic E-state index is 14.6. The smallest absolute Gasteiger partial charge is 0.228 e.